The van der Waals surface area contributed by atoms with Gasteiger partial charge >= 0.3 is 0 Å². The monoisotopic (exact) mass is 395 g/mol. The summed E-state index contributed by atoms with van der Waals surface area (Å²) in [6.45, 7) is 1.87. The standard InChI is InChI=1S/C21H17NO3S2/c1-15-14-19-18(20(23)21(15)26-16-8-4-2-5-9-16)12-13-22(19)27(24,25)17-10-6-3-7-11-17/h2-14,23H,1H3. The molecule has 4 rings (SSSR count). The molecule has 0 fully saturated rings. The summed E-state index contributed by atoms with van der Waals surface area (Å²) < 4.78 is 27.2. The molecule has 0 aliphatic carbocycles. The van der Waals surface area contributed by atoms with Gasteiger partial charge in [0.25, 0.3) is 10.0 Å². The van der Waals surface area contributed by atoms with Crippen LogP contribution in [-0.4, -0.2) is 17.5 Å². The fraction of sp³-hybridized carbons (Fsp3) is 0.0476. The van der Waals surface area contributed by atoms with Gasteiger partial charge in [0.15, 0.2) is 0 Å². The van der Waals surface area contributed by atoms with Gasteiger partial charge < -0.3 is 5.11 Å². The molecule has 27 heavy (non-hydrogen) atoms. The van der Waals surface area contributed by atoms with Crippen LogP contribution in [0.4, 0.5) is 0 Å². The molecule has 0 amide bonds. The van der Waals surface area contributed by atoms with Crippen molar-refractivity contribution < 1.29 is 13.5 Å². The molecule has 0 unspecified atom stereocenters. The summed E-state index contributed by atoms with van der Waals surface area (Å²) in [5.41, 5.74) is 1.28. The number of fused-ring (bicyclic) bond motifs is 1. The second kappa shape index (κ2) is 6.79. The molecule has 0 saturated carbocycles. The smallest absolute Gasteiger partial charge is 0.268 e. The number of aromatic nitrogens is 1. The number of aryl methyl sites for hydroxylation is 1. The molecule has 0 radical (unpaired) electrons. The minimum atomic E-state index is -3.73. The first-order valence-electron chi connectivity index (χ1n) is 8.35. The van der Waals surface area contributed by atoms with Crippen molar-refractivity contribution in [2.75, 3.05) is 0 Å². The average Bonchev–Trinajstić information content (AvgIpc) is 3.11. The lowest BCUT2D eigenvalue weighted by molar-refractivity contribution is 0.468. The van der Waals surface area contributed by atoms with Crippen molar-refractivity contribution >= 4 is 32.7 Å². The molecule has 0 saturated heterocycles. The fourth-order valence-corrected chi connectivity index (χ4v) is 5.31. The van der Waals surface area contributed by atoms with Crippen LogP contribution >= 0.6 is 11.8 Å². The minimum absolute atomic E-state index is 0.0980. The number of benzene rings is 3. The Labute approximate surface area is 162 Å². The van der Waals surface area contributed by atoms with Crippen LogP contribution in [0, 0.1) is 6.92 Å². The van der Waals surface area contributed by atoms with Crippen LogP contribution < -0.4 is 0 Å². The molecule has 0 bridgehead atoms. The second-order valence-electron chi connectivity index (χ2n) is 6.15. The Morgan fingerprint density at radius 3 is 2.22 bits per heavy atom. The quantitative estimate of drug-likeness (QED) is 0.526. The third kappa shape index (κ3) is 3.11. The summed E-state index contributed by atoms with van der Waals surface area (Å²) in [5, 5.41) is 11.3. The first-order chi connectivity index (χ1) is 13.0. The molecule has 3 aromatic carbocycles. The first kappa shape index (κ1) is 17.7. The lowest BCUT2D eigenvalue weighted by atomic mass is 10.1. The lowest BCUT2D eigenvalue weighted by Gasteiger charge is -2.12. The van der Waals surface area contributed by atoms with E-state index in [1.807, 2.05) is 37.3 Å². The van der Waals surface area contributed by atoms with Crippen molar-refractivity contribution in [2.45, 2.75) is 21.6 Å². The molecule has 0 aliphatic rings. The van der Waals surface area contributed by atoms with Gasteiger partial charge in [-0.15, -0.1) is 0 Å². The molecule has 1 aromatic heterocycles. The SMILES string of the molecule is Cc1cc2c(ccn2S(=O)(=O)c2ccccc2)c(O)c1Sc1ccccc1. The van der Waals surface area contributed by atoms with E-state index in [0.717, 1.165) is 15.4 Å². The van der Waals surface area contributed by atoms with Crippen molar-refractivity contribution in [3.63, 3.8) is 0 Å². The van der Waals surface area contributed by atoms with Crippen molar-refractivity contribution in [1.82, 2.24) is 3.97 Å². The summed E-state index contributed by atoms with van der Waals surface area (Å²) in [5.74, 6) is 0.0980. The highest BCUT2D eigenvalue weighted by Crippen LogP contribution is 2.42. The van der Waals surface area contributed by atoms with Gasteiger partial charge in [0, 0.05) is 16.5 Å². The zero-order valence-corrected chi connectivity index (χ0v) is 16.2. The topological polar surface area (TPSA) is 59.3 Å². The van der Waals surface area contributed by atoms with Crippen LogP contribution in [0.1, 0.15) is 5.56 Å². The molecule has 0 atom stereocenters. The number of hydrogen-bond acceptors (Lipinski definition) is 4. The van der Waals surface area contributed by atoms with E-state index in [4.69, 9.17) is 0 Å². The minimum Gasteiger partial charge on any atom is -0.506 e. The molecule has 1 heterocycles. The van der Waals surface area contributed by atoms with Gasteiger partial charge in [-0.3, -0.25) is 0 Å². The van der Waals surface area contributed by atoms with E-state index < -0.39 is 10.0 Å². The molecule has 0 spiro atoms. The van der Waals surface area contributed by atoms with Crippen molar-refractivity contribution in [3.05, 3.63) is 84.6 Å². The maximum atomic E-state index is 13.0. The van der Waals surface area contributed by atoms with E-state index >= 15 is 0 Å². The summed E-state index contributed by atoms with van der Waals surface area (Å²) in [6, 6.07) is 21.5. The molecule has 0 aliphatic heterocycles. The van der Waals surface area contributed by atoms with Gasteiger partial charge in [0.2, 0.25) is 0 Å². The van der Waals surface area contributed by atoms with Gasteiger partial charge in [0.05, 0.1) is 15.3 Å². The Hall–Kier alpha value is -2.70. The Morgan fingerprint density at radius 2 is 1.56 bits per heavy atom. The van der Waals surface area contributed by atoms with E-state index in [9.17, 15) is 13.5 Å². The summed E-state index contributed by atoms with van der Waals surface area (Å²) in [7, 11) is -3.73. The average molecular weight is 396 g/mol. The van der Waals surface area contributed by atoms with Crippen molar-refractivity contribution in [2.24, 2.45) is 0 Å². The highest BCUT2D eigenvalue weighted by Gasteiger charge is 2.21. The van der Waals surface area contributed by atoms with Gasteiger partial charge in [-0.25, -0.2) is 12.4 Å². The highest BCUT2D eigenvalue weighted by atomic mass is 32.2. The zero-order chi connectivity index (χ0) is 19.0. The predicted molar refractivity (Wildman–Crippen MR) is 108 cm³/mol. The Bertz CT molecular complexity index is 1210. The van der Waals surface area contributed by atoms with E-state index in [1.54, 1.807) is 42.5 Å². The largest absolute Gasteiger partial charge is 0.506 e. The van der Waals surface area contributed by atoms with Gasteiger partial charge in [-0.2, -0.15) is 0 Å². The number of phenolic OH excluding ortho intramolecular Hbond substituents is 1. The molecule has 4 aromatic rings. The number of hydrogen-bond donors (Lipinski definition) is 1. The van der Waals surface area contributed by atoms with E-state index in [0.29, 0.717) is 10.9 Å². The van der Waals surface area contributed by atoms with Crippen LogP contribution in [0.15, 0.2) is 93.7 Å². The third-order valence-electron chi connectivity index (χ3n) is 4.33. The highest BCUT2D eigenvalue weighted by molar-refractivity contribution is 7.99. The number of aromatic hydroxyl groups is 1. The van der Waals surface area contributed by atoms with Crippen LogP contribution in [0.2, 0.25) is 0 Å². The fourth-order valence-electron chi connectivity index (χ4n) is 3.00. The summed E-state index contributed by atoms with van der Waals surface area (Å²) in [4.78, 5) is 1.94. The Morgan fingerprint density at radius 1 is 0.926 bits per heavy atom. The zero-order valence-electron chi connectivity index (χ0n) is 14.5. The third-order valence-corrected chi connectivity index (χ3v) is 7.27. The van der Waals surface area contributed by atoms with Crippen molar-refractivity contribution in [1.29, 1.82) is 0 Å². The second-order valence-corrected chi connectivity index (χ2v) is 9.05. The molecule has 136 valence electrons. The maximum Gasteiger partial charge on any atom is 0.268 e. The number of phenols is 1. The van der Waals surface area contributed by atoms with Gasteiger partial charge in [0.1, 0.15) is 5.75 Å². The van der Waals surface area contributed by atoms with Gasteiger partial charge in [-0.1, -0.05) is 48.2 Å². The maximum absolute atomic E-state index is 13.0. The molecule has 1 N–H and O–H groups in total. The van der Waals surface area contributed by atoms with E-state index in [-0.39, 0.29) is 10.6 Å². The van der Waals surface area contributed by atoms with E-state index in [2.05, 4.69) is 0 Å². The van der Waals surface area contributed by atoms with Crippen LogP contribution in [-0.2, 0) is 10.0 Å². The van der Waals surface area contributed by atoms with E-state index in [1.165, 1.54) is 21.9 Å². The van der Waals surface area contributed by atoms with Gasteiger partial charge in [-0.05, 0) is 48.9 Å². The first-order valence-corrected chi connectivity index (χ1v) is 10.6. The Balaban J connectivity index is 1.86. The lowest BCUT2D eigenvalue weighted by Crippen LogP contribution is -2.11. The molecular formula is C21H17NO3S2. The molecular weight excluding hydrogens is 378 g/mol. The molecule has 6 heteroatoms. The normalized spacial score (nSPS) is 11.7. The Kier molecular flexibility index (Phi) is 4.45. The molecule has 4 nitrogen and oxygen atoms in total. The van der Waals surface area contributed by atoms with Crippen LogP contribution in [0.5, 0.6) is 5.75 Å². The predicted octanol–water partition coefficient (Wildman–Crippen LogP) is 5.04. The van der Waals surface area contributed by atoms with Crippen LogP contribution in [0.3, 0.4) is 0 Å². The van der Waals surface area contributed by atoms with Crippen molar-refractivity contribution in [3.8, 4) is 5.75 Å². The number of nitrogens with zero attached hydrogens (tertiary/aromatic N) is 1. The summed E-state index contributed by atoms with van der Waals surface area (Å²) in [6.07, 6.45) is 1.49. The summed E-state index contributed by atoms with van der Waals surface area (Å²) >= 11 is 1.46. The van der Waals surface area contributed by atoms with Crippen LogP contribution in [0.25, 0.3) is 10.9 Å². The number of rotatable bonds is 4.